The van der Waals surface area contributed by atoms with E-state index in [1.807, 2.05) is 19.2 Å². The summed E-state index contributed by atoms with van der Waals surface area (Å²) in [5.74, 6) is 0.210. The predicted molar refractivity (Wildman–Crippen MR) is 148 cm³/mol. The summed E-state index contributed by atoms with van der Waals surface area (Å²) in [6.45, 7) is 8.61. The minimum Gasteiger partial charge on any atom is -0.507 e. The number of imidazole rings is 1. The number of carboxylic acid groups (broad SMARTS) is 1. The fraction of sp³-hybridized carbons (Fsp3) is 0.393. The first kappa shape index (κ1) is 27.9. The van der Waals surface area contributed by atoms with Gasteiger partial charge in [0.25, 0.3) is 6.47 Å². The SMILES string of the molecule is CN(c1ncc(-c2ccc(-c3cc(F)c4c(c3)ncn4C)cc2O)nn1)C1CC(C)(C)NC(C)(C)C1.O=CO. The Morgan fingerprint density at radius 3 is 2.33 bits per heavy atom. The van der Waals surface area contributed by atoms with Crippen molar-refractivity contribution in [3.8, 4) is 28.1 Å². The lowest BCUT2D eigenvalue weighted by Crippen LogP contribution is -2.62. The third-order valence-corrected chi connectivity index (χ3v) is 6.95. The van der Waals surface area contributed by atoms with Crippen LogP contribution in [0.15, 0.2) is 42.9 Å². The molecule has 3 N–H and O–H groups in total. The lowest BCUT2D eigenvalue weighted by atomic mass is 9.79. The van der Waals surface area contributed by atoms with Gasteiger partial charge < -0.3 is 25.0 Å². The van der Waals surface area contributed by atoms with E-state index in [0.29, 0.717) is 39.4 Å². The Morgan fingerprint density at radius 1 is 1.08 bits per heavy atom. The Hall–Kier alpha value is -4.12. The zero-order valence-electron chi connectivity index (χ0n) is 23.0. The number of nitrogens with zero attached hydrogens (tertiary/aromatic N) is 6. The second kappa shape index (κ2) is 10.6. The van der Waals surface area contributed by atoms with Gasteiger partial charge >= 0.3 is 0 Å². The molecule has 0 radical (unpaired) electrons. The van der Waals surface area contributed by atoms with Crippen LogP contribution in [0.4, 0.5) is 10.3 Å². The van der Waals surface area contributed by atoms with Crippen LogP contribution in [-0.4, -0.2) is 65.6 Å². The van der Waals surface area contributed by atoms with Crippen LogP contribution in [0.25, 0.3) is 33.4 Å². The van der Waals surface area contributed by atoms with Gasteiger partial charge in [-0.15, -0.1) is 10.2 Å². The summed E-state index contributed by atoms with van der Waals surface area (Å²) < 4.78 is 16.3. The minimum atomic E-state index is -0.360. The van der Waals surface area contributed by atoms with Crippen molar-refractivity contribution in [2.75, 3.05) is 11.9 Å². The van der Waals surface area contributed by atoms with E-state index in [1.165, 1.54) is 6.07 Å². The summed E-state index contributed by atoms with van der Waals surface area (Å²) >= 11 is 0. The molecule has 10 nitrogen and oxygen atoms in total. The van der Waals surface area contributed by atoms with Crippen molar-refractivity contribution in [2.45, 2.75) is 57.7 Å². The van der Waals surface area contributed by atoms with Crippen LogP contribution in [0.3, 0.4) is 0 Å². The Balaban J connectivity index is 0.00000112. The van der Waals surface area contributed by atoms with Gasteiger partial charge in [-0.25, -0.2) is 14.4 Å². The number of benzene rings is 2. The number of anilines is 1. The number of aromatic hydroxyl groups is 1. The largest absolute Gasteiger partial charge is 0.507 e. The first-order chi connectivity index (χ1) is 18.3. The molecule has 3 heterocycles. The highest BCUT2D eigenvalue weighted by molar-refractivity contribution is 5.84. The maximum Gasteiger partial charge on any atom is 0.290 e. The highest BCUT2D eigenvalue weighted by Crippen LogP contribution is 2.35. The standard InChI is InChI=1S/C27H32FN7O.CH2O2/c1-26(2)12-18(13-27(3,4)33-26)35(6)25-29-14-22(31-32-25)19-8-7-16(11-23(19)36)17-9-20(28)24-21(10-17)30-15-34(24)5;2-1-3/h7-11,14-15,18,33,36H,12-13H2,1-6H3;1H,(H,2,3). The number of carbonyl (C=O) groups is 1. The third kappa shape index (κ3) is 5.98. The first-order valence-corrected chi connectivity index (χ1v) is 12.6. The van der Waals surface area contributed by atoms with Crippen molar-refractivity contribution in [1.82, 2.24) is 30.0 Å². The number of phenolic OH excluding ortho intramolecular Hbond substituents is 1. The van der Waals surface area contributed by atoms with Crippen LogP contribution in [0.2, 0.25) is 0 Å². The van der Waals surface area contributed by atoms with Crippen molar-refractivity contribution in [3.05, 3.63) is 48.7 Å². The quantitative estimate of drug-likeness (QED) is 0.326. The molecule has 39 heavy (non-hydrogen) atoms. The molecule has 206 valence electrons. The number of phenols is 1. The van der Waals surface area contributed by atoms with Crippen LogP contribution < -0.4 is 10.2 Å². The van der Waals surface area contributed by atoms with Crippen LogP contribution >= 0.6 is 0 Å². The van der Waals surface area contributed by atoms with Crippen LogP contribution in [-0.2, 0) is 11.8 Å². The Bertz CT molecular complexity index is 1470. The molecule has 0 unspecified atom stereocenters. The monoisotopic (exact) mass is 535 g/mol. The molecule has 0 saturated carbocycles. The Labute approximate surface area is 226 Å². The maximum atomic E-state index is 14.6. The van der Waals surface area contributed by atoms with Gasteiger partial charge in [-0.1, -0.05) is 6.07 Å². The Morgan fingerprint density at radius 2 is 1.74 bits per heavy atom. The van der Waals surface area contributed by atoms with Crippen molar-refractivity contribution in [2.24, 2.45) is 7.05 Å². The number of halogens is 1. The second-order valence-electron chi connectivity index (χ2n) is 11.2. The van der Waals surface area contributed by atoms with Gasteiger partial charge in [0.15, 0.2) is 0 Å². The van der Waals surface area contributed by atoms with Gasteiger partial charge in [0, 0.05) is 36.8 Å². The van der Waals surface area contributed by atoms with Gasteiger partial charge in [0.2, 0.25) is 5.95 Å². The van der Waals surface area contributed by atoms with Gasteiger partial charge in [-0.3, -0.25) is 4.79 Å². The minimum absolute atomic E-state index is 0.00556. The Kier molecular flexibility index (Phi) is 7.56. The van der Waals surface area contributed by atoms with Gasteiger partial charge in [0.1, 0.15) is 22.8 Å². The molecule has 0 spiro atoms. The molecule has 5 rings (SSSR count). The third-order valence-electron chi connectivity index (χ3n) is 6.95. The molecule has 1 fully saturated rings. The topological polar surface area (TPSA) is 129 Å². The normalized spacial score (nSPS) is 16.4. The lowest BCUT2D eigenvalue weighted by molar-refractivity contribution is -0.122. The van der Waals surface area contributed by atoms with E-state index in [2.05, 4.69) is 58.1 Å². The number of hydrogen-bond donors (Lipinski definition) is 3. The zero-order valence-corrected chi connectivity index (χ0v) is 23.0. The molecule has 4 aromatic rings. The number of fused-ring (bicyclic) bond motifs is 1. The predicted octanol–water partition coefficient (Wildman–Crippen LogP) is 4.38. The molecule has 2 aromatic carbocycles. The van der Waals surface area contributed by atoms with Gasteiger partial charge in [-0.05, 0) is 75.9 Å². The summed E-state index contributed by atoms with van der Waals surface area (Å²) in [6, 6.07) is 8.70. The lowest BCUT2D eigenvalue weighted by Gasteiger charge is -2.48. The van der Waals surface area contributed by atoms with Crippen molar-refractivity contribution >= 4 is 23.5 Å². The van der Waals surface area contributed by atoms with Crippen LogP contribution in [0, 0.1) is 5.82 Å². The summed E-state index contributed by atoms with van der Waals surface area (Å²) in [5.41, 5.74) is 3.31. The molecule has 2 aromatic heterocycles. The average Bonchev–Trinajstić information content (AvgIpc) is 3.23. The summed E-state index contributed by atoms with van der Waals surface area (Å²) in [7, 11) is 3.76. The zero-order chi connectivity index (χ0) is 28.5. The summed E-state index contributed by atoms with van der Waals surface area (Å²) in [4.78, 5) is 19.3. The van der Waals surface area contributed by atoms with E-state index in [9.17, 15) is 9.50 Å². The van der Waals surface area contributed by atoms with Crippen LogP contribution in [0.1, 0.15) is 40.5 Å². The van der Waals surface area contributed by atoms with Crippen molar-refractivity contribution < 1.29 is 19.4 Å². The number of aromatic nitrogens is 5. The number of hydrogen-bond acceptors (Lipinski definition) is 8. The number of aryl methyl sites for hydroxylation is 1. The fourth-order valence-electron chi connectivity index (χ4n) is 5.59. The molecular weight excluding hydrogens is 501 g/mol. The van der Waals surface area contributed by atoms with Crippen LogP contribution in [0.5, 0.6) is 5.75 Å². The van der Waals surface area contributed by atoms with E-state index >= 15 is 0 Å². The molecule has 0 atom stereocenters. The van der Waals surface area contributed by atoms with E-state index in [-0.39, 0.29) is 35.2 Å². The van der Waals surface area contributed by atoms with Gasteiger partial charge in [0.05, 0.1) is 18.0 Å². The molecule has 0 amide bonds. The number of piperidine rings is 1. The maximum absolute atomic E-state index is 14.6. The average molecular weight is 536 g/mol. The molecule has 1 aliphatic rings. The highest BCUT2D eigenvalue weighted by Gasteiger charge is 2.39. The van der Waals surface area contributed by atoms with E-state index in [0.717, 1.165) is 12.8 Å². The van der Waals surface area contributed by atoms with E-state index < -0.39 is 0 Å². The molecule has 11 heteroatoms. The van der Waals surface area contributed by atoms with Crippen molar-refractivity contribution in [3.63, 3.8) is 0 Å². The van der Waals surface area contributed by atoms with Gasteiger partial charge in [-0.2, -0.15) is 0 Å². The number of nitrogens with one attached hydrogen (secondary N) is 1. The molecule has 1 aliphatic heterocycles. The summed E-state index contributed by atoms with van der Waals surface area (Å²) in [6.07, 6.45) is 5.14. The van der Waals surface area contributed by atoms with E-state index in [4.69, 9.17) is 9.90 Å². The van der Waals surface area contributed by atoms with E-state index in [1.54, 1.807) is 36.3 Å². The highest BCUT2D eigenvalue weighted by atomic mass is 19.1. The first-order valence-electron chi connectivity index (χ1n) is 12.6. The fourth-order valence-corrected chi connectivity index (χ4v) is 5.59. The summed E-state index contributed by atoms with van der Waals surface area (Å²) in [5, 5.41) is 30.1. The number of rotatable bonds is 4. The molecule has 0 aliphatic carbocycles. The molecule has 1 saturated heterocycles. The smallest absolute Gasteiger partial charge is 0.290 e. The van der Waals surface area contributed by atoms with Crippen molar-refractivity contribution in [1.29, 1.82) is 0 Å². The molecular formula is C28H34FN7O3. The second-order valence-corrected chi connectivity index (χ2v) is 11.2. The molecule has 0 bridgehead atoms.